The fourth-order valence-corrected chi connectivity index (χ4v) is 5.08. The van der Waals surface area contributed by atoms with Crippen LogP contribution in [0, 0.1) is 0 Å². The first-order valence-electron chi connectivity index (χ1n) is 10.6. The number of phosphoric ester groups is 1. The number of benzene rings is 1. The van der Waals surface area contributed by atoms with Crippen LogP contribution in [-0.2, 0) is 18.0 Å². The summed E-state index contributed by atoms with van der Waals surface area (Å²) in [4.78, 5) is 18.0. The quantitative estimate of drug-likeness (QED) is 0.183. The van der Waals surface area contributed by atoms with E-state index in [0.717, 1.165) is 19.3 Å². The fraction of sp³-hybridized carbons (Fsp3) is 0.700. The molecule has 29 heavy (non-hydrogen) atoms. The summed E-state index contributed by atoms with van der Waals surface area (Å²) < 4.78 is 38.2. The van der Waals surface area contributed by atoms with Crippen molar-refractivity contribution >= 4 is 15.6 Å². The third kappa shape index (κ3) is 14.9. The van der Waals surface area contributed by atoms with Crippen molar-refractivity contribution in [2.24, 2.45) is 0 Å². The van der Waals surface area contributed by atoms with Crippen molar-refractivity contribution in [3.63, 3.8) is 0 Å². The minimum absolute atomic E-state index is 0.0432. The summed E-state index contributed by atoms with van der Waals surface area (Å²) in [5.74, 6) is 0.152. The predicted octanol–water partition coefficient (Wildman–Crippen LogP) is 7.00. The molecule has 0 fully saturated rings. The number of hydrogen-bond acceptors (Lipinski definition) is 5. The normalized spacial score (nSPS) is 13.9. The monoisotopic (exact) mass is 450 g/mol. The lowest BCUT2D eigenvalue weighted by Gasteiger charge is -2.18. The summed E-state index contributed by atoms with van der Waals surface area (Å²) in [6.07, 6.45) is 14.1. The van der Waals surface area contributed by atoms with E-state index in [1.807, 2.05) is 0 Å². The molecule has 1 aromatic carbocycles. The van der Waals surface area contributed by atoms with E-state index in [9.17, 15) is 9.13 Å². The van der Waals surface area contributed by atoms with Gasteiger partial charge in [-0.15, -0.1) is 0 Å². The van der Waals surface area contributed by atoms with Crippen LogP contribution >= 0.6 is 15.6 Å². The van der Waals surface area contributed by atoms with Crippen molar-refractivity contribution in [1.29, 1.82) is 0 Å². The van der Waals surface area contributed by atoms with Gasteiger partial charge in [0, 0.05) is 0 Å². The molecule has 0 heterocycles. The molecule has 0 radical (unpaired) electrons. The molecule has 2 N–H and O–H groups in total. The third-order valence-corrected chi connectivity index (χ3v) is 7.00. The first-order chi connectivity index (χ1) is 13.8. The average molecular weight is 450 g/mol. The van der Waals surface area contributed by atoms with Gasteiger partial charge >= 0.3 is 15.6 Å². The highest BCUT2D eigenvalue weighted by Gasteiger charge is 2.37. The van der Waals surface area contributed by atoms with Crippen molar-refractivity contribution in [1.82, 2.24) is 0 Å². The summed E-state index contributed by atoms with van der Waals surface area (Å²) in [5.41, 5.74) is 0. The molecule has 0 amide bonds. The zero-order chi connectivity index (χ0) is 21.4. The van der Waals surface area contributed by atoms with Crippen LogP contribution in [0.2, 0.25) is 0 Å². The smallest absolute Gasteiger partial charge is 0.404 e. The van der Waals surface area contributed by atoms with Crippen LogP contribution in [0.1, 0.15) is 84.0 Å². The zero-order valence-electron chi connectivity index (χ0n) is 17.4. The molecular weight excluding hydrogens is 414 g/mol. The molecule has 168 valence electrons. The van der Waals surface area contributed by atoms with E-state index in [0.29, 0.717) is 6.42 Å². The summed E-state index contributed by atoms with van der Waals surface area (Å²) in [6, 6.07) is 8.02. The van der Waals surface area contributed by atoms with E-state index >= 15 is 0 Å². The first-order valence-corrected chi connectivity index (χ1v) is 13.6. The summed E-state index contributed by atoms with van der Waals surface area (Å²) in [5, 5.41) is 0. The van der Waals surface area contributed by atoms with Crippen molar-refractivity contribution in [3.05, 3.63) is 30.3 Å². The summed E-state index contributed by atoms with van der Waals surface area (Å²) >= 11 is 0. The topological polar surface area (TPSA) is 102 Å². The van der Waals surface area contributed by atoms with Crippen molar-refractivity contribution in [2.45, 2.75) is 84.0 Å². The Bertz CT molecular complexity index is 619. The predicted molar refractivity (Wildman–Crippen MR) is 115 cm³/mol. The maximum absolute atomic E-state index is 12.5. The van der Waals surface area contributed by atoms with Crippen LogP contribution in [0.4, 0.5) is 0 Å². The van der Waals surface area contributed by atoms with Crippen LogP contribution in [0.25, 0.3) is 0 Å². The number of hydrogen-bond donors (Lipinski definition) is 2. The SMILES string of the molecule is CCCCCCCCCCCCCCOP(=O)(Oc1ccccc1)OP(=O)(O)O. The van der Waals surface area contributed by atoms with E-state index in [1.54, 1.807) is 18.2 Å². The van der Waals surface area contributed by atoms with Gasteiger partial charge in [0.05, 0.1) is 6.61 Å². The highest BCUT2D eigenvalue weighted by Crippen LogP contribution is 2.60. The van der Waals surface area contributed by atoms with Gasteiger partial charge < -0.3 is 14.3 Å². The van der Waals surface area contributed by atoms with Gasteiger partial charge in [-0.3, -0.25) is 4.52 Å². The van der Waals surface area contributed by atoms with Gasteiger partial charge in [0.2, 0.25) is 0 Å². The molecule has 1 unspecified atom stereocenters. The highest BCUT2D eigenvalue weighted by molar-refractivity contribution is 7.61. The molecule has 0 aliphatic carbocycles. The maximum atomic E-state index is 12.5. The molecule has 0 bridgehead atoms. The molecular formula is C20H36O7P2. The number of phosphoric acid groups is 2. The van der Waals surface area contributed by atoms with E-state index in [-0.39, 0.29) is 12.4 Å². The summed E-state index contributed by atoms with van der Waals surface area (Å²) in [7, 11) is -9.43. The molecule has 1 atom stereocenters. The Morgan fingerprint density at radius 2 is 1.24 bits per heavy atom. The highest BCUT2D eigenvalue weighted by atomic mass is 31.3. The van der Waals surface area contributed by atoms with Crippen molar-refractivity contribution in [2.75, 3.05) is 6.61 Å². The van der Waals surface area contributed by atoms with Gasteiger partial charge in [-0.2, -0.15) is 4.31 Å². The maximum Gasteiger partial charge on any atom is 0.539 e. The minimum atomic E-state index is -5.02. The number of para-hydroxylation sites is 1. The van der Waals surface area contributed by atoms with E-state index in [2.05, 4.69) is 11.2 Å². The van der Waals surface area contributed by atoms with Crippen LogP contribution in [0.15, 0.2) is 30.3 Å². The minimum Gasteiger partial charge on any atom is -0.404 e. The Kier molecular flexibility index (Phi) is 13.8. The molecule has 0 saturated carbocycles. The first kappa shape index (κ1) is 26.4. The van der Waals surface area contributed by atoms with Gasteiger partial charge in [0.15, 0.2) is 0 Å². The van der Waals surface area contributed by atoms with E-state index in [1.165, 1.54) is 63.5 Å². The molecule has 0 spiro atoms. The Morgan fingerprint density at radius 3 is 1.72 bits per heavy atom. The Labute approximate surface area is 175 Å². The second kappa shape index (κ2) is 15.2. The lowest BCUT2D eigenvalue weighted by molar-refractivity contribution is 0.181. The Balaban J connectivity index is 2.18. The van der Waals surface area contributed by atoms with Gasteiger partial charge in [0.25, 0.3) is 0 Å². The molecule has 0 aromatic heterocycles. The van der Waals surface area contributed by atoms with Crippen LogP contribution < -0.4 is 4.52 Å². The standard InChI is InChI=1S/C20H36O7P2/c1-2-3-4-5-6-7-8-9-10-11-12-16-19-25-29(24,27-28(21,22)23)26-20-17-14-13-15-18-20/h13-15,17-18H,2-12,16,19H2,1H3,(H2,21,22,23). The van der Waals surface area contributed by atoms with E-state index in [4.69, 9.17) is 18.8 Å². The van der Waals surface area contributed by atoms with Gasteiger partial charge in [-0.25, -0.2) is 9.13 Å². The second-order valence-electron chi connectivity index (χ2n) is 7.15. The van der Waals surface area contributed by atoms with Crippen molar-refractivity contribution < 1.29 is 32.3 Å². The van der Waals surface area contributed by atoms with Gasteiger partial charge in [-0.05, 0) is 18.6 Å². The molecule has 0 aliphatic rings. The molecule has 9 heteroatoms. The van der Waals surface area contributed by atoms with Crippen LogP contribution in [0.5, 0.6) is 5.75 Å². The lowest BCUT2D eigenvalue weighted by Crippen LogP contribution is -2.03. The van der Waals surface area contributed by atoms with Gasteiger partial charge in [-0.1, -0.05) is 95.8 Å². The van der Waals surface area contributed by atoms with E-state index < -0.39 is 15.6 Å². The Hall–Kier alpha value is -0.680. The average Bonchev–Trinajstić information content (AvgIpc) is 2.64. The molecule has 0 aliphatic heterocycles. The molecule has 1 rings (SSSR count). The number of unbranched alkanes of at least 4 members (excludes halogenated alkanes) is 11. The fourth-order valence-electron chi connectivity index (χ4n) is 2.93. The number of rotatable bonds is 18. The molecule has 0 saturated heterocycles. The second-order valence-corrected chi connectivity index (χ2v) is 10.1. The third-order valence-electron chi connectivity index (χ3n) is 4.41. The van der Waals surface area contributed by atoms with Crippen molar-refractivity contribution in [3.8, 4) is 5.75 Å². The lowest BCUT2D eigenvalue weighted by atomic mass is 10.1. The van der Waals surface area contributed by atoms with Crippen LogP contribution in [0.3, 0.4) is 0 Å². The van der Waals surface area contributed by atoms with Gasteiger partial charge in [0.1, 0.15) is 5.75 Å². The largest absolute Gasteiger partial charge is 0.539 e. The summed E-state index contributed by atoms with van der Waals surface area (Å²) in [6.45, 7) is 2.27. The van der Waals surface area contributed by atoms with Crippen LogP contribution in [-0.4, -0.2) is 16.4 Å². The molecule has 1 aromatic rings. The Morgan fingerprint density at radius 1 is 0.759 bits per heavy atom. The zero-order valence-corrected chi connectivity index (χ0v) is 19.2. The molecule has 7 nitrogen and oxygen atoms in total.